The fourth-order valence-electron chi connectivity index (χ4n) is 2.26. The molecule has 3 nitrogen and oxygen atoms in total. The highest BCUT2D eigenvalue weighted by atomic mass is 32.2. The second-order valence-electron chi connectivity index (χ2n) is 4.78. The molecule has 0 aromatic heterocycles. The number of rotatable bonds is 8. The lowest BCUT2D eigenvalue weighted by Gasteiger charge is -2.26. The van der Waals surface area contributed by atoms with Crippen molar-refractivity contribution in [2.24, 2.45) is 5.73 Å². The lowest BCUT2D eigenvalue weighted by Crippen LogP contribution is -2.32. The minimum absolute atomic E-state index is 0.517. The van der Waals surface area contributed by atoms with Crippen molar-refractivity contribution in [1.82, 2.24) is 4.90 Å². The van der Waals surface area contributed by atoms with E-state index in [-0.39, 0.29) is 0 Å². The fraction of sp³-hybridized carbons (Fsp3) is 0.600. The highest BCUT2D eigenvalue weighted by molar-refractivity contribution is 7.98. The molecule has 0 fully saturated rings. The molecular weight excluding hydrogens is 256 g/mol. The largest absolute Gasteiger partial charge is 0.496 e. The number of hydrogen-bond donors (Lipinski definition) is 1. The average molecular weight is 282 g/mol. The van der Waals surface area contributed by atoms with Crippen LogP contribution in [-0.2, 0) is 13.1 Å². The molecule has 108 valence electrons. The van der Waals surface area contributed by atoms with E-state index in [4.69, 9.17) is 10.5 Å². The number of methoxy groups -OCH3 is 1. The van der Waals surface area contributed by atoms with Gasteiger partial charge in [0.05, 0.1) is 7.11 Å². The normalized spacial score (nSPS) is 12.7. The van der Waals surface area contributed by atoms with Gasteiger partial charge in [-0.25, -0.2) is 0 Å². The van der Waals surface area contributed by atoms with Crippen LogP contribution in [0.4, 0.5) is 0 Å². The van der Waals surface area contributed by atoms with Crippen LogP contribution in [-0.4, -0.2) is 37.1 Å². The number of nitrogens with zero attached hydrogens (tertiary/aromatic N) is 1. The fourth-order valence-corrected chi connectivity index (χ4v) is 3.13. The highest BCUT2D eigenvalue weighted by Gasteiger charge is 2.13. The van der Waals surface area contributed by atoms with E-state index >= 15 is 0 Å². The van der Waals surface area contributed by atoms with Crippen LogP contribution in [0.15, 0.2) is 18.2 Å². The molecule has 0 aliphatic rings. The van der Waals surface area contributed by atoms with Gasteiger partial charge in [0.1, 0.15) is 5.75 Å². The third-order valence-corrected chi connectivity index (χ3v) is 4.17. The Morgan fingerprint density at radius 1 is 1.42 bits per heavy atom. The first-order valence-corrected chi connectivity index (χ1v) is 8.10. The first-order valence-electron chi connectivity index (χ1n) is 6.71. The molecule has 19 heavy (non-hydrogen) atoms. The van der Waals surface area contributed by atoms with E-state index in [1.54, 1.807) is 7.11 Å². The SMILES string of the molecule is CCC(CSC)N(C)Cc1ccc(OC)c(CN)c1. The molecule has 0 spiro atoms. The summed E-state index contributed by atoms with van der Waals surface area (Å²) in [6.45, 7) is 3.72. The van der Waals surface area contributed by atoms with Crippen molar-refractivity contribution in [3.63, 3.8) is 0 Å². The molecule has 0 bridgehead atoms. The zero-order chi connectivity index (χ0) is 14.3. The van der Waals surface area contributed by atoms with Gasteiger partial charge in [-0.05, 0) is 37.4 Å². The van der Waals surface area contributed by atoms with Crippen molar-refractivity contribution in [1.29, 1.82) is 0 Å². The molecule has 0 saturated carbocycles. The lowest BCUT2D eigenvalue weighted by atomic mass is 10.1. The van der Waals surface area contributed by atoms with E-state index in [9.17, 15) is 0 Å². The van der Waals surface area contributed by atoms with E-state index in [0.717, 1.165) is 17.9 Å². The zero-order valence-corrected chi connectivity index (χ0v) is 13.3. The summed E-state index contributed by atoms with van der Waals surface area (Å²) in [5, 5.41) is 0. The summed E-state index contributed by atoms with van der Waals surface area (Å²) in [5.74, 6) is 2.05. The van der Waals surface area contributed by atoms with E-state index in [1.165, 1.54) is 17.7 Å². The zero-order valence-electron chi connectivity index (χ0n) is 12.5. The Morgan fingerprint density at radius 2 is 2.16 bits per heavy atom. The first-order chi connectivity index (χ1) is 9.15. The van der Waals surface area contributed by atoms with Crippen LogP contribution in [0.5, 0.6) is 5.75 Å². The summed E-state index contributed by atoms with van der Waals surface area (Å²) in [6, 6.07) is 6.92. The Balaban J connectivity index is 2.75. The topological polar surface area (TPSA) is 38.5 Å². The van der Waals surface area contributed by atoms with Crippen LogP contribution in [0.2, 0.25) is 0 Å². The number of nitrogens with two attached hydrogens (primary N) is 1. The smallest absolute Gasteiger partial charge is 0.123 e. The van der Waals surface area contributed by atoms with Gasteiger partial charge in [0.15, 0.2) is 0 Å². The molecule has 0 amide bonds. The molecule has 0 heterocycles. The summed E-state index contributed by atoms with van der Waals surface area (Å²) in [5.41, 5.74) is 8.13. The number of ether oxygens (including phenoxy) is 1. The van der Waals surface area contributed by atoms with E-state index in [0.29, 0.717) is 12.6 Å². The standard InChI is InChI=1S/C15H26N2OS/c1-5-14(11-19-4)17(2)10-12-6-7-15(18-3)13(8-12)9-16/h6-8,14H,5,9-11,16H2,1-4H3. The molecule has 4 heteroatoms. The third kappa shape index (κ3) is 4.71. The maximum atomic E-state index is 5.76. The van der Waals surface area contributed by atoms with Crippen LogP contribution in [0.1, 0.15) is 24.5 Å². The van der Waals surface area contributed by atoms with Gasteiger partial charge in [-0.3, -0.25) is 4.90 Å². The van der Waals surface area contributed by atoms with E-state index in [2.05, 4.69) is 37.3 Å². The van der Waals surface area contributed by atoms with Gasteiger partial charge in [-0.1, -0.05) is 13.0 Å². The molecule has 0 radical (unpaired) electrons. The van der Waals surface area contributed by atoms with Crippen LogP contribution >= 0.6 is 11.8 Å². The minimum atomic E-state index is 0.517. The summed E-state index contributed by atoms with van der Waals surface area (Å²) in [4.78, 5) is 2.42. The average Bonchev–Trinajstić information content (AvgIpc) is 2.44. The predicted octanol–water partition coefficient (Wildman–Crippen LogP) is 2.73. The van der Waals surface area contributed by atoms with Crippen molar-refractivity contribution in [3.05, 3.63) is 29.3 Å². The summed E-state index contributed by atoms with van der Waals surface area (Å²) >= 11 is 1.91. The number of thioether (sulfide) groups is 1. The third-order valence-electron chi connectivity index (χ3n) is 3.45. The Morgan fingerprint density at radius 3 is 2.68 bits per heavy atom. The van der Waals surface area contributed by atoms with Crippen LogP contribution in [0.25, 0.3) is 0 Å². The molecule has 0 aliphatic heterocycles. The van der Waals surface area contributed by atoms with Gasteiger partial charge in [-0.15, -0.1) is 0 Å². The minimum Gasteiger partial charge on any atom is -0.496 e. The van der Waals surface area contributed by atoms with Crippen molar-refractivity contribution >= 4 is 11.8 Å². The van der Waals surface area contributed by atoms with Crippen LogP contribution in [0, 0.1) is 0 Å². The molecule has 1 aromatic rings. The lowest BCUT2D eigenvalue weighted by molar-refractivity contribution is 0.248. The maximum Gasteiger partial charge on any atom is 0.123 e. The van der Waals surface area contributed by atoms with Gasteiger partial charge in [0, 0.05) is 30.4 Å². The highest BCUT2D eigenvalue weighted by Crippen LogP contribution is 2.21. The summed E-state index contributed by atoms with van der Waals surface area (Å²) in [6.07, 6.45) is 3.34. The summed E-state index contributed by atoms with van der Waals surface area (Å²) < 4.78 is 5.31. The molecular formula is C15H26N2OS. The molecule has 1 unspecified atom stereocenters. The maximum absolute atomic E-state index is 5.76. The van der Waals surface area contributed by atoms with Gasteiger partial charge >= 0.3 is 0 Å². The van der Waals surface area contributed by atoms with Crippen molar-refractivity contribution in [2.45, 2.75) is 32.5 Å². The van der Waals surface area contributed by atoms with Crippen molar-refractivity contribution in [3.8, 4) is 5.75 Å². The van der Waals surface area contributed by atoms with Crippen LogP contribution < -0.4 is 10.5 Å². The molecule has 1 atom stereocenters. The number of benzene rings is 1. The van der Waals surface area contributed by atoms with Crippen molar-refractivity contribution in [2.75, 3.05) is 26.2 Å². The first kappa shape index (κ1) is 16.3. The molecule has 0 aliphatic carbocycles. The van der Waals surface area contributed by atoms with E-state index in [1.807, 2.05) is 17.8 Å². The van der Waals surface area contributed by atoms with Gasteiger partial charge in [0.25, 0.3) is 0 Å². The quantitative estimate of drug-likeness (QED) is 0.795. The van der Waals surface area contributed by atoms with Crippen LogP contribution in [0.3, 0.4) is 0 Å². The Labute approximate surface area is 121 Å². The molecule has 1 aromatic carbocycles. The Kier molecular flexibility index (Phi) is 7.28. The molecule has 1 rings (SSSR count). The second kappa shape index (κ2) is 8.46. The van der Waals surface area contributed by atoms with Gasteiger partial charge in [0.2, 0.25) is 0 Å². The predicted molar refractivity (Wildman–Crippen MR) is 84.8 cm³/mol. The Hall–Kier alpha value is -0.710. The van der Waals surface area contributed by atoms with E-state index < -0.39 is 0 Å². The molecule has 0 saturated heterocycles. The number of hydrogen-bond acceptors (Lipinski definition) is 4. The Bertz CT molecular complexity index is 384. The second-order valence-corrected chi connectivity index (χ2v) is 5.69. The monoisotopic (exact) mass is 282 g/mol. The van der Waals surface area contributed by atoms with Gasteiger partial charge < -0.3 is 10.5 Å². The van der Waals surface area contributed by atoms with Crippen molar-refractivity contribution < 1.29 is 4.74 Å². The molecule has 2 N–H and O–H groups in total. The summed E-state index contributed by atoms with van der Waals surface area (Å²) in [7, 11) is 3.88. The van der Waals surface area contributed by atoms with Gasteiger partial charge in [-0.2, -0.15) is 11.8 Å².